The molecule has 0 spiro atoms. The van der Waals surface area contributed by atoms with Crippen LogP contribution in [0.2, 0.25) is 0 Å². The van der Waals surface area contributed by atoms with E-state index in [-0.39, 0.29) is 35.6 Å². The molecule has 6 nitrogen and oxygen atoms in total. The Hall–Kier alpha value is -1.67. The molecule has 1 aliphatic carbocycles. The Morgan fingerprint density at radius 1 is 1.12 bits per heavy atom. The maximum Gasteiger partial charge on any atom is 0.243 e. The molecule has 0 radical (unpaired) electrons. The summed E-state index contributed by atoms with van der Waals surface area (Å²) in [4.78, 5) is 14.3. The van der Waals surface area contributed by atoms with Crippen LogP contribution in [0.3, 0.4) is 0 Å². The number of nitrogens with zero attached hydrogens (tertiary/aromatic N) is 2. The van der Waals surface area contributed by atoms with Crippen molar-refractivity contribution in [3.8, 4) is 5.75 Å². The zero-order chi connectivity index (χ0) is 18.7. The molecule has 1 saturated carbocycles. The smallest absolute Gasteiger partial charge is 0.243 e. The van der Waals surface area contributed by atoms with Gasteiger partial charge in [0.2, 0.25) is 15.9 Å². The molecule has 26 heavy (non-hydrogen) atoms. The van der Waals surface area contributed by atoms with Crippen molar-refractivity contribution < 1.29 is 22.3 Å². The first-order valence-corrected chi connectivity index (χ1v) is 10.5. The van der Waals surface area contributed by atoms with Gasteiger partial charge in [-0.05, 0) is 31.0 Å². The molecular formula is C18H25FN2O4S. The molecule has 0 N–H and O–H groups in total. The van der Waals surface area contributed by atoms with Crippen LogP contribution in [0.1, 0.15) is 32.1 Å². The second kappa shape index (κ2) is 7.92. The predicted octanol–water partition coefficient (Wildman–Crippen LogP) is 2.25. The van der Waals surface area contributed by atoms with Crippen LogP contribution < -0.4 is 4.74 Å². The Morgan fingerprint density at radius 3 is 2.35 bits per heavy atom. The molecule has 1 saturated heterocycles. The molecule has 0 aromatic heterocycles. The van der Waals surface area contributed by atoms with Crippen LogP contribution in [-0.4, -0.2) is 56.8 Å². The highest BCUT2D eigenvalue weighted by Crippen LogP contribution is 2.27. The Bertz CT molecular complexity index is 754. The number of rotatable bonds is 4. The topological polar surface area (TPSA) is 66.9 Å². The molecule has 1 amide bonds. The third kappa shape index (κ3) is 3.86. The minimum atomic E-state index is -3.78. The quantitative estimate of drug-likeness (QED) is 0.799. The summed E-state index contributed by atoms with van der Waals surface area (Å²) in [5, 5.41) is 0. The lowest BCUT2D eigenvalue weighted by atomic mass is 9.88. The third-order valence-corrected chi connectivity index (χ3v) is 7.16. The monoisotopic (exact) mass is 384 g/mol. The van der Waals surface area contributed by atoms with Crippen molar-refractivity contribution in [1.29, 1.82) is 0 Å². The van der Waals surface area contributed by atoms with Gasteiger partial charge in [-0.25, -0.2) is 12.8 Å². The van der Waals surface area contributed by atoms with Gasteiger partial charge < -0.3 is 9.64 Å². The van der Waals surface area contributed by atoms with Crippen LogP contribution >= 0.6 is 0 Å². The van der Waals surface area contributed by atoms with Gasteiger partial charge in [-0.1, -0.05) is 19.3 Å². The lowest BCUT2D eigenvalue weighted by Crippen LogP contribution is -2.52. The van der Waals surface area contributed by atoms with E-state index in [0.717, 1.165) is 31.7 Å². The summed E-state index contributed by atoms with van der Waals surface area (Å²) in [5.74, 6) is -0.466. The zero-order valence-corrected chi connectivity index (χ0v) is 15.8. The number of sulfonamides is 1. The number of piperazine rings is 1. The van der Waals surface area contributed by atoms with E-state index >= 15 is 0 Å². The molecule has 144 valence electrons. The number of hydrogen-bond acceptors (Lipinski definition) is 4. The van der Waals surface area contributed by atoms with E-state index in [1.807, 2.05) is 0 Å². The van der Waals surface area contributed by atoms with Crippen LogP contribution in [0.15, 0.2) is 23.1 Å². The van der Waals surface area contributed by atoms with Crippen molar-refractivity contribution in [3.05, 3.63) is 24.0 Å². The molecule has 2 fully saturated rings. The first-order valence-electron chi connectivity index (χ1n) is 9.06. The van der Waals surface area contributed by atoms with E-state index in [1.54, 1.807) is 4.90 Å². The summed E-state index contributed by atoms with van der Waals surface area (Å²) in [6, 6.07) is 3.63. The number of methoxy groups -OCH3 is 1. The molecule has 1 aromatic carbocycles. The number of benzene rings is 1. The van der Waals surface area contributed by atoms with Crippen molar-refractivity contribution in [1.82, 2.24) is 9.21 Å². The summed E-state index contributed by atoms with van der Waals surface area (Å²) in [7, 11) is -2.46. The fourth-order valence-electron chi connectivity index (χ4n) is 3.71. The summed E-state index contributed by atoms with van der Waals surface area (Å²) in [5.41, 5.74) is 0. The number of carbonyl (C=O) groups is 1. The van der Waals surface area contributed by atoms with E-state index < -0.39 is 15.8 Å². The molecule has 0 unspecified atom stereocenters. The van der Waals surface area contributed by atoms with Gasteiger partial charge >= 0.3 is 0 Å². The minimum absolute atomic E-state index is 0.00634. The largest absolute Gasteiger partial charge is 0.494 e. The second-order valence-corrected chi connectivity index (χ2v) is 8.80. The lowest BCUT2D eigenvalue weighted by Gasteiger charge is -2.36. The summed E-state index contributed by atoms with van der Waals surface area (Å²) < 4.78 is 45.5. The average molecular weight is 384 g/mol. The van der Waals surface area contributed by atoms with Crippen molar-refractivity contribution in [3.63, 3.8) is 0 Å². The Morgan fingerprint density at radius 2 is 1.77 bits per heavy atom. The fraction of sp³-hybridized carbons (Fsp3) is 0.611. The summed E-state index contributed by atoms with van der Waals surface area (Å²) in [6.07, 6.45) is 5.24. The third-order valence-electron chi connectivity index (χ3n) is 5.27. The maximum absolute atomic E-state index is 13.9. The molecular weight excluding hydrogens is 359 g/mol. The molecule has 1 heterocycles. The number of halogens is 1. The van der Waals surface area contributed by atoms with Crippen molar-refractivity contribution in [2.24, 2.45) is 5.92 Å². The van der Waals surface area contributed by atoms with Crippen molar-refractivity contribution in [2.45, 2.75) is 37.0 Å². The van der Waals surface area contributed by atoms with E-state index in [1.165, 1.54) is 30.0 Å². The average Bonchev–Trinajstić information content (AvgIpc) is 2.68. The maximum atomic E-state index is 13.9. The first-order chi connectivity index (χ1) is 12.4. The molecule has 3 rings (SSSR count). The van der Waals surface area contributed by atoms with Crippen LogP contribution in [0.4, 0.5) is 4.39 Å². The standard InChI is InChI=1S/C18H25FN2O4S/c1-25-17-8-7-15(13-16(17)19)26(23,24)21-11-9-20(10-12-21)18(22)14-5-3-2-4-6-14/h7-8,13-14H,2-6,9-12H2,1H3. The number of amides is 1. The van der Waals surface area contributed by atoms with E-state index in [9.17, 15) is 17.6 Å². The van der Waals surface area contributed by atoms with Gasteiger partial charge in [0.25, 0.3) is 0 Å². The Labute approximate surface area is 154 Å². The van der Waals surface area contributed by atoms with E-state index in [4.69, 9.17) is 4.74 Å². The fourth-order valence-corrected chi connectivity index (χ4v) is 5.15. The molecule has 2 aliphatic rings. The molecule has 1 aromatic rings. The van der Waals surface area contributed by atoms with E-state index in [0.29, 0.717) is 13.1 Å². The van der Waals surface area contributed by atoms with Gasteiger partial charge in [0.1, 0.15) is 0 Å². The van der Waals surface area contributed by atoms with Gasteiger partial charge in [-0.2, -0.15) is 4.31 Å². The number of carbonyl (C=O) groups excluding carboxylic acids is 1. The molecule has 0 bridgehead atoms. The van der Waals surface area contributed by atoms with E-state index in [2.05, 4.69) is 0 Å². The summed E-state index contributed by atoms with van der Waals surface area (Å²) in [6.45, 7) is 1.23. The van der Waals surface area contributed by atoms with Gasteiger partial charge in [0, 0.05) is 32.1 Å². The molecule has 0 atom stereocenters. The van der Waals surface area contributed by atoms with Crippen molar-refractivity contribution >= 4 is 15.9 Å². The van der Waals surface area contributed by atoms with Crippen LogP contribution in [0.5, 0.6) is 5.75 Å². The van der Waals surface area contributed by atoms with Crippen LogP contribution in [-0.2, 0) is 14.8 Å². The highest BCUT2D eigenvalue weighted by molar-refractivity contribution is 7.89. The Kier molecular flexibility index (Phi) is 5.82. The normalized spacial score (nSPS) is 20.2. The highest BCUT2D eigenvalue weighted by Gasteiger charge is 2.33. The summed E-state index contributed by atoms with van der Waals surface area (Å²) >= 11 is 0. The van der Waals surface area contributed by atoms with Crippen LogP contribution in [0, 0.1) is 11.7 Å². The van der Waals surface area contributed by atoms with Crippen LogP contribution in [0.25, 0.3) is 0 Å². The van der Waals surface area contributed by atoms with Gasteiger partial charge in [-0.15, -0.1) is 0 Å². The molecule has 8 heteroatoms. The number of ether oxygens (including phenoxy) is 1. The van der Waals surface area contributed by atoms with Gasteiger partial charge in [0.15, 0.2) is 11.6 Å². The zero-order valence-electron chi connectivity index (χ0n) is 15.0. The predicted molar refractivity (Wildman–Crippen MR) is 94.9 cm³/mol. The van der Waals surface area contributed by atoms with Gasteiger partial charge in [-0.3, -0.25) is 4.79 Å². The number of hydrogen-bond donors (Lipinski definition) is 0. The van der Waals surface area contributed by atoms with Gasteiger partial charge in [0.05, 0.1) is 12.0 Å². The lowest BCUT2D eigenvalue weighted by molar-refractivity contribution is -0.137. The molecule has 1 aliphatic heterocycles. The highest BCUT2D eigenvalue weighted by atomic mass is 32.2. The SMILES string of the molecule is COc1ccc(S(=O)(=O)N2CCN(C(=O)C3CCCCC3)CC2)cc1F. The minimum Gasteiger partial charge on any atom is -0.494 e. The first kappa shape index (κ1) is 19.1. The van der Waals surface area contributed by atoms with Crippen molar-refractivity contribution in [2.75, 3.05) is 33.3 Å². The Balaban J connectivity index is 1.65. The second-order valence-electron chi connectivity index (χ2n) is 6.86.